The fourth-order valence-corrected chi connectivity index (χ4v) is 2.50. The summed E-state index contributed by atoms with van der Waals surface area (Å²) in [6.45, 7) is 7.07. The summed E-state index contributed by atoms with van der Waals surface area (Å²) in [5, 5.41) is 4.94. The van der Waals surface area contributed by atoms with Crippen molar-refractivity contribution in [2.75, 3.05) is 13.1 Å². The smallest absolute Gasteiger partial charge is 0.115 e. The van der Waals surface area contributed by atoms with E-state index in [1.807, 2.05) is 0 Å². The summed E-state index contributed by atoms with van der Waals surface area (Å²) in [4.78, 5) is 0. The predicted octanol–water partition coefficient (Wildman–Crippen LogP) is 2.26. The highest BCUT2D eigenvalue weighted by atomic mass is 15.9. The molecule has 14 heavy (non-hydrogen) atoms. The Morgan fingerprint density at radius 3 is 2.21 bits per heavy atom. The summed E-state index contributed by atoms with van der Waals surface area (Å²) in [5.74, 6) is 0. The molecule has 2 aliphatic rings. The summed E-state index contributed by atoms with van der Waals surface area (Å²) in [7, 11) is 0. The van der Waals surface area contributed by atoms with Crippen molar-refractivity contribution in [2.45, 2.75) is 20.0 Å². The van der Waals surface area contributed by atoms with Crippen LogP contribution in [0.25, 0.3) is 0 Å². The molecule has 0 bridgehead atoms. The molecular weight excluding hydrogens is 172 g/mol. The second-order valence-electron chi connectivity index (χ2n) is 5.14. The van der Waals surface area contributed by atoms with Crippen LogP contribution in [0.3, 0.4) is 0 Å². The van der Waals surface area contributed by atoms with Crippen LogP contribution in [0.15, 0.2) is 30.3 Å². The number of nitrogens with zero attached hydrogens (tertiary/aromatic N) is 2. The lowest BCUT2D eigenvalue weighted by atomic mass is 9.93. The van der Waals surface area contributed by atoms with Crippen LogP contribution in [0.1, 0.15) is 25.6 Å². The maximum absolute atomic E-state index is 2.47. The Morgan fingerprint density at radius 2 is 1.64 bits per heavy atom. The summed E-state index contributed by atoms with van der Waals surface area (Å²) < 4.78 is 0. The van der Waals surface area contributed by atoms with E-state index in [1.165, 1.54) is 18.7 Å². The van der Waals surface area contributed by atoms with Gasteiger partial charge in [0.1, 0.15) is 6.17 Å². The molecule has 1 aromatic rings. The third-order valence-electron chi connectivity index (χ3n) is 3.12. The Kier molecular flexibility index (Phi) is 1.56. The van der Waals surface area contributed by atoms with E-state index >= 15 is 0 Å². The molecule has 2 aliphatic heterocycles. The van der Waals surface area contributed by atoms with Crippen LogP contribution in [0.2, 0.25) is 0 Å². The maximum Gasteiger partial charge on any atom is 0.115 e. The number of hydrogen-bond donors (Lipinski definition) is 0. The molecule has 0 aliphatic carbocycles. The Morgan fingerprint density at radius 1 is 1.07 bits per heavy atom. The van der Waals surface area contributed by atoms with Crippen molar-refractivity contribution >= 4 is 0 Å². The second-order valence-corrected chi connectivity index (χ2v) is 5.14. The molecule has 0 aromatic heterocycles. The first-order valence-electron chi connectivity index (χ1n) is 5.26. The topological polar surface area (TPSA) is 6.02 Å². The van der Waals surface area contributed by atoms with Gasteiger partial charge in [-0.15, -0.1) is 0 Å². The van der Waals surface area contributed by atoms with Crippen LogP contribution in [0, 0.1) is 5.41 Å². The molecule has 2 heterocycles. The lowest BCUT2D eigenvalue weighted by molar-refractivity contribution is 0.342. The molecule has 0 amide bonds. The van der Waals surface area contributed by atoms with E-state index in [1.54, 1.807) is 0 Å². The highest BCUT2D eigenvalue weighted by Crippen LogP contribution is 2.50. The summed E-state index contributed by atoms with van der Waals surface area (Å²) in [6.07, 6.45) is 0.573. The Labute approximate surface area is 85.1 Å². The summed E-state index contributed by atoms with van der Waals surface area (Å²) in [6, 6.07) is 10.8. The number of hydrazine groups is 1. The van der Waals surface area contributed by atoms with Gasteiger partial charge in [0.05, 0.1) is 0 Å². The molecule has 0 radical (unpaired) electrons. The minimum atomic E-state index is 0.477. The molecule has 3 rings (SSSR count). The quantitative estimate of drug-likeness (QED) is 0.623. The maximum atomic E-state index is 2.47. The van der Waals surface area contributed by atoms with E-state index in [4.69, 9.17) is 0 Å². The Hall–Kier alpha value is -0.860. The van der Waals surface area contributed by atoms with Gasteiger partial charge in [-0.1, -0.05) is 44.2 Å². The zero-order valence-corrected chi connectivity index (χ0v) is 8.77. The van der Waals surface area contributed by atoms with Gasteiger partial charge in [-0.3, -0.25) is 0 Å². The van der Waals surface area contributed by atoms with Crippen LogP contribution in [0.5, 0.6) is 0 Å². The zero-order valence-electron chi connectivity index (χ0n) is 8.77. The average Bonchev–Trinajstić information content (AvgIpc) is 2.67. The van der Waals surface area contributed by atoms with Crippen LogP contribution in [-0.4, -0.2) is 23.1 Å². The average molecular weight is 188 g/mol. The van der Waals surface area contributed by atoms with Crippen molar-refractivity contribution in [2.24, 2.45) is 5.41 Å². The second kappa shape index (κ2) is 2.59. The zero-order chi connectivity index (χ0) is 9.76. The monoisotopic (exact) mass is 188 g/mol. The van der Waals surface area contributed by atoms with E-state index in [0.717, 1.165) is 0 Å². The molecule has 0 N–H and O–H groups in total. The van der Waals surface area contributed by atoms with Crippen LogP contribution >= 0.6 is 0 Å². The number of rotatable bonds is 1. The molecule has 2 atom stereocenters. The number of hydrogen-bond acceptors (Lipinski definition) is 2. The van der Waals surface area contributed by atoms with E-state index in [9.17, 15) is 0 Å². The van der Waals surface area contributed by atoms with Gasteiger partial charge >= 0.3 is 0 Å². The number of fused-ring (bicyclic) bond motifs is 1. The van der Waals surface area contributed by atoms with Crippen LogP contribution < -0.4 is 0 Å². The van der Waals surface area contributed by atoms with E-state index in [2.05, 4.69) is 54.2 Å². The molecule has 2 fully saturated rings. The minimum Gasteiger partial charge on any atom is -0.216 e. The van der Waals surface area contributed by atoms with E-state index in [0.29, 0.717) is 11.6 Å². The molecule has 2 saturated heterocycles. The molecule has 74 valence electrons. The highest BCUT2D eigenvalue weighted by Gasteiger charge is 2.55. The van der Waals surface area contributed by atoms with Crippen molar-refractivity contribution < 1.29 is 0 Å². The fourth-order valence-electron chi connectivity index (χ4n) is 2.50. The molecule has 1 aromatic carbocycles. The fraction of sp³-hybridized carbons (Fsp3) is 0.500. The molecule has 0 saturated carbocycles. The van der Waals surface area contributed by atoms with Crippen molar-refractivity contribution in [3.63, 3.8) is 0 Å². The molecule has 2 nitrogen and oxygen atoms in total. The van der Waals surface area contributed by atoms with Gasteiger partial charge in [0.25, 0.3) is 0 Å². The SMILES string of the molecule is CC1(C)CN2C(c3ccccc3)N2C1. The van der Waals surface area contributed by atoms with Gasteiger partial charge in [-0.2, -0.15) is 0 Å². The summed E-state index contributed by atoms with van der Waals surface area (Å²) in [5.41, 5.74) is 1.91. The Balaban J connectivity index is 1.77. The lowest BCUT2D eigenvalue weighted by Gasteiger charge is -2.18. The molecule has 2 unspecified atom stereocenters. The van der Waals surface area contributed by atoms with E-state index < -0.39 is 0 Å². The highest BCUT2D eigenvalue weighted by molar-refractivity contribution is 5.23. The first-order chi connectivity index (χ1) is 6.67. The predicted molar refractivity (Wildman–Crippen MR) is 56.4 cm³/mol. The third kappa shape index (κ3) is 1.18. The lowest BCUT2D eigenvalue weighted by Crippen LogP contribution is -2.22. The van der Waals surface area contributed by atoms with Crippen molar-refractivity contribution in [3.05, 3.63) is 35.9 Å². The molecule has 2 heteroatoms. The first-order valence-corrected chi connectivity index (χ1v) is 5.26. The molecular formula is C12H16N2. The van der Waals surface area contributed by atoms with Gasteiger partial charge in [-0.25, -0.2) is 10.0 Å². The summed E-state index contributed by atoms with van der Waals surface area (Å²) >= 11 is 0. The third-order valence-corrected chi connectivity index (χ3v) is 3.12. The van der Waals surface area contributed by atoms with E-state index in [-0.39, 0.29) is 0 Å². The van der Waals surface area contributed by atoms with Crippen molar-refractivity contribution in [1.29, 1.82) is 0 Å². The van der Waals surface area contributed by atoms with Gasteiger partial charge in [0.2, 0.25) is 0 Å². The molecule has 0 spiro atoms. The van der Waals surface area contributed by atoms with Gasteiger partial charge in [0.15, 0.2) is 0 Å². The first kappa shape index (κ1) is 8.45. The largest absolute Gasteiger partial charge is 0.216 e. The normalized spacial score (nSPS) is 38.0. The number of benzene rings is 1. The van der Waals surface area contributed by atoms with Crippen LogP contribution in [0.4, 0.5) is 0 Å². The van der Waals surface area contributed by atoms with Gasteiger partial charge in [-0.05, 0) is 11.0 Å². The van der Waals surface area contributed by atoms with Crippen molar-refractivity contribution in [1.82, 2.24) is 10.0 Å². The van der Waals surface area contributed by atoms with Crippen molar-refractivity contribution in [3.8, 4) is 0 Å². The van der Waals surface area contributed by atoms with Gasteiger partial charge < -0.3 is 0 Å². The van der Waals surface area contributed by atoms with Gasteiger partial charge in [0, 0.05) is 13.1 Å². The minimum absolute atomic E-state index is 0.477. The van der Waals surface area contributed by atoms with Crippen LogP contribution in [-0.2, 0) is 0 Å². The Bertz CT molecular complexity index is 331. The standard InChI is InChI=1S/C12H16N2/c1-12(2)8-13-11(14(13)9-12)10-6-4-3-5-7-10/h3-7,11H,8-9H2,1-2H3.